The molecule has 0 bridgehead atoms. The van der Waals surface area contributed by atoms with Gasteiger partial charge >= 0.3 is 0 Å². The van der Waals surface area contributed by atoms with Crippen LogP contribution in [0.15, 0.2) is 6.07 Å². The van der Waals surface area contributed by atoms with Gasteiger partial charge < -0.3 is 4.90 Å². The van der Waals surface area contributed by atoms with E-state index in [-0.39, 0.29) is 0 Å². The van der Waals surface area contributed by atoms with E-state index in [0.717, 1.165) is 17.7 Å². The summed E-state index contributed by atoms with van der Waals surface area (Å²) >= 11 is 1.61. The Bertz CT molecular complexity index is 315. The molecule has 0 aromatic carbocycles. The zero-order valence-corrected chi connectivity index (χ0v) is 10.0. The molecule has 0 spiro atoms. The Morgan fingerprint density at radius 2 is 2.14 bits per heavy atom. The van der Waals surface area contributed by atoms with Gasteiger partial charge in [-0.25, -0.2) is 0 Å². The monoisotopic (exact) mass is 211 g/mol. The van der Waals surface area contributed by atoms with E-state index in [1.165, 1.54) is 10.4 Å². The molecule has 14 heavy (non-hydrogen) atoms. The normalized spacial score (nSPS) is 11.3. The van der Waals surface area contributed by atoms with Gasteiger partial charge in [-0.2, -0.15) is 0 Å². The van der Waals surface area contributed by atoms with Gasteiger partial charge in [0.2, 0.25) is 0 Å². The zero-order valence-electron chi connectivity index (χ0n) is 9.20. The van der Waals surface area contributed by atoms with Crippen LogP contribution in [-0.2, 0) is 6.54 Å². The lowest BCUT2D eigenvalue weighted by atomic mass is 10.1. The lowest BCUT2D eigenvalue weighted by molar-refractivity contribution is 0.112. The summed E-state index contributed by atoms with van der Waals surface area (Å²) in [5.74, 6) is 0.503. The Morgan fingerprint density at radius 1 is 1.50 bits per heavy atom. The van der Waals surface area contributed by atoms with Crippen LogP contribution in [0.2, 0.25) is 0 Å². The predicted molar refractivity (Wildman–Crippen MR) is 61.2 cm³/mol. The fourth-order valence-electron chi connectivity index (χ4n) is 1.48. The first kappa shape index (κ1) is 11.4. The van der Waals surface area contributed by atoms with Gasteiger partial charge in [0.05, 0.1) is 4.88 Å². The van der Waals surface area contributed by atoms with E-state index in [1.807, 2.05) is 20.2 Å². The quantitative estimate of drug-likeness (QED) is 0.714. The van der Waals surface area contributed by atoms with Crippen LogP contribution in [0.5, 0.6) is 0 Å². The van der Waals surface area contributed by atoms with Crippen molar-refractivity contribution in [3.8, 4) is 0 Å². The third-order valence-electron chi connectivity index (χ3n) is 1.99. The van der Waals surface area contributed by atoms with Crippen molar-refractivity contribution in [1.29, 1.82) is 0 Å². The first-order valence-electron chi connectivity index (χ1n) is 4.77. The SMILES string of the molecule is CC(C)c1sc(C=O)cc1CN(C)C. The van der Waals surface area contributed by atoms with E-state index in [0.29, 0.717) is 5.92 Å². The largest absolute Gasteiger partial charge is 0.305 e. The van der Waals surface area contributed by atoms with Crippen molar-refractivity contribution in [3.63, 3.8) is 0 Å². The molecule has 0 aliphatic heterocycles. The van der Waals surface area contributed by atoms with E-state index in [1.54, 1.807) is 11.3 Å². The maximum absolute atomic E-state index is 10.7. The van der Waals surface area contributed by atoms with Gasteiger partial charge in [0.15, 0.2) is 6.29 Å². The van der Waals surface area contributed by atoms with Crippen molar-refractivity contribution in [3.05, 3.63) is 21.4 Å². The van der Waals surface area contributed by atoms with E-state index in [4.69, 9.17) is 0 Å². The highest BCUT2D eigenvalue weighted by atomic mass is 32.1. The minimum absolute atomic E-state index is 0.503. The molecular weight excluding hydrogens is 194 g/mol. The minimum Gasteiger partial charge on any atom is -0.305 e. The summed E-state index contributed by atoms with van der Waals surface area (Å²) in [5, 5.41) is 0. The molecular formula is C11H17NOS. The average molecular weight is 211 g/mol. The minimum atomic E-state index is 0.503. The third-order valence-corrected chi connectivity index (χ3v) is 3.39. The highest BCUT2D eigenvalue weighted by Crippen LogP contribution is 2.29. The number of rotatable bonds is 4. The van der Waals surface area contributed by atoms with Crippen LogP contribution < -0.4 is 0 Å². The Kier molecular flexibility index (Phi) is 3.84. The molecule has 0 radical (unpaired) electrons. The van der Waals surface area contributed by atoms with E-state index in [9.17, 15) is 4.79 Å². The molecule has 0 atom stereocenters. The van der Waals surface area contributed by atoms with Gasteiger partial charge in [0.1, 0.15) is 0 Å². The van der Waals surface area contributed by atoms with Crippen LogP contribution in [0, 0.1) is 0 Å². The Morgan fingerprint density at radius 3 is 2.57 bits per heavy atom. The maximum atomic E-state index is 10.7. The van der Waals surface area contributed by atoms with Crippen LogP contribution >= 0.6 is 11.3 Å². The van der Waals surface area contributed by atoms with Gasteiger partial charge in [0.25, 0.3) is 0 Å². The van der Waals surface area contributed by atoms with E-state index < -0.39 is 0 Å². The average Bonchev–Trinajstić information content (AvgIpc) is 2.46. The second-order valence-corrected chi connectivity index (χ2v) is 5.16. The molecule has 0 N–H and O–H groups in total. The maximum Gasteiger partial charge on any atom is 0.160 e. The number of hydrogen-bond donors (Lipinski definition) is 0. The predicted octanol–water partition coefficient (Wildman–Crippen LogP) is 2.75. The van der Waals surface area contributed by atoms with Gasteiger partial charge in [0, 0.05) is 11.4 Å². The number of nitrogens with zero attached hydrogens (tertiary/aromatic N) is 1. The molecule has 1 rings (SSSR count). The zero-order chi connectivity index (χ0) is 10.7. The lowest BCUT2D eigenvalue weighted by Crippen LogP contribution is -2.11. The van der Waals surface area contributed by atoms with Crippen molar-refractivity contribution in [2.24, 2.45) is 0 Å². The lowest BCUT2D eigenvalue weighted by Gasteiger charge is -2.11. The summed E-state index contributed by atoms with van der Waals surface area (Å²) in [6.45, 7) is 5.25. The highest BCUT2D eigenvalue weighted by molar-refractivity contribution is 7.13. The van der Waals surface area contributed by atoms with Gasteiger partial charge in [-0.05, 0) is 31.6 Å². The molecule has 0 saturated heterocycles. The van der Waals surface area contributed by atoms with Crippen molar-refractivity contribution < 1.29 is 4.79 Å². The standard InChI is InChI=1S/C11H17NOS/c1-8(2)11-9(6-12(3)4)5-10(7-13)14-11/h5,7-8H,6H2,1-4H3. The first-order valence-corrected chi connectivity index (χ1v) is 5.58. The molecule has 0 aliphatic carbocycles. The second kappa shape index (κ2) is 4.71. The van der Waals surface area contributed by atoms with Crippen LogP contribution in [0.25, 0.3) is 0 Å². The van der Waals surface area contributed by atoms with Crippen LogP contribution in [0.4, 0.5) is 0 Å². The molecule has 78 valence electrons. The number of thiophene rings is 1. The molecule has 0 saturated carbocycles. The van der Waals surface area contributed by atoms with Crippen LogP contribution in [-0.4, -0.2) is 25.3 Å². The molecule has 0 amide bonds. The van der Waals surface area contributed by atoms with Crippen molar-refractivity contribution in [2.45, 2.75) is 26.3 Å². The third kappa shape index (κ3) is 2.66. The smallest absolute Gasteiger partial charge is 0.160 e. The summed E-state index contributed by atoms with van der Waals surface area (Å²) < 4.78 is 0. The number of carbonyl (C=O) groups is 1. The Hall–Kier alpha value is -0.670. The van der Waals surface area contributed by atoms with Gasteiger partial charge in [-0.1, -0.05) is 13.8 Å². The molecule has 2 nitrogen and oxygen atoms in total. The van der Waals surface area contributed by atoms with Crippen molar-refractivity contribution in [1.82, 2.24) is 4.90 Å². The van der Waals surface area contributed by atoms with Gasteiger partial charge in [-0.15, -0.1) is 11.3 Å². The number of aldehydes is 1. The molecule has 0 fully saturated rings. The summed E-state index contributed by atoms with van der Waals surface area (Å²) in [4.78, 5) is 15.0. The van der Waals surface area contributed by atoms with Gasteiger partial charge in [-0.3, -0.25) is 4.79 Å². The molecule has 3 heteroatoms. The second-order valence-electron chi connectivity index (χ2n) is 4.05. The van der Waals surface area contributed by atoms with Crippen LogP contribution in [0.1, 0.15) is 39.9 Å². The summed E-state index contributed by atoms with van der Waals surface area (Å²) in [7, 11) is 4.09. The Balaban J connectivity index is 2.99. The molecule has 1 aromatic rings. The Labute approximate surface area is 89.5 Å². The molecule has 0 unspecified atom stereocenters. The molecule has 1 aromatic heterocycles. The topological polar surface area (TPSA) is 20.3 Å². The first-order chi connectivity index (χ1) is 6.54. The summed E-state index contributed by atoms with van der Waals surface area (Å²) in [6, 6.07) is 2.01. The fraction of sp³-hybridized carbons (Fsp3) is 0.545. The molecule has 1 heterocycles. The fourth-order valence-corrected chi connectivity index (χ4v) is 2.47. The molecule has 0 aliphatic rings. The van der Waals surface area contributed by atoms with Crippen LogP contribution in [0.3, 0.4) is 0 Å². The van der Waals surface area contributed by atoms with Crippen molar-refractivity contribution in [2.75, 3.05) is 14.1 Å². The van der Waals surface area contributed by atoms with E-state index >= 15 is 0 Å². The van der Waals surface area contributed by atoms with E-state index in [2.05, 4.69) is 18.7 Å². The number of carbonyl (C=O) groups excluding carboxylic acids is 1. The van der Waals surface area contributed by atoms with Crippen molar-refractivity contribution >= 4 is 17.6 Å². The summed E-state index contributed by atoms with van der Waals surface area (Å²) in [5.41, 5.74) is 1.29. The summed E-state index contributed by atoms with van der Waals surface area (Å²) in [6.07, 6.45) is 0.940. The highest BCUT2D eigenvalue weighted by Gasteiger charge is 2.12. The number of hydrogen-bond acceptors (Lipinski definition) is 3.